The van der Waals surface area contributed by atoms with Gasteiger partial charge in [0.25, 0.3) is 11.7 Å². The van der Waals surface area contributed by atoms with Crippen molar-refractivity contribution < 1.29 is 28.2 Å². The monoisotopic (exact) mass is 478 g/mol. The smallest absolute Gasteiger partial charge is 0.343 e. The molecule has 0 saturated heterocycles. The van der Waals surface area contributed by atoms with Crippen molar-refractivity contribution in [2.24, 2.45) is 5.73 Å². The number of hydrogen-bond donors (Lipinski definition) is 1. The molecule has 1 heterocycles. The number of nitrogens with two attached hydrogens (primary N) is 1. The molecule has 3 aromatic carbocycles. The highest BCUT2D eigenvalue weighted by atomic mass is 19.1. The number of halogens is 1. The molecule has 2 N–H and O–H groups in total. The number of methoxy groups -OCH3 is 1. The van der Waals surface area contributed by atoms with Crippen LogP contribution in [-0.2, 0) is 20.9 Å². The summed E-state index contributed by atoms with van der Waals surface area (Å²) in [5, 5.41) is 1.80. The molecule has 0 fully saturated rings. The molecule has 4 aromatic rings. The molecule has 0 radical (unpaired) electrons. The van der Waals surface area contributed by atoms with Gasteiger partial charge in [-0.3, -0.25) is 9.59 Å². The molecule has 0 aliphatic heterocycles. The highest BCUT2D eigenvalue weighted by molar-refractivity contribution is 6.45. The average molecular weight is 479 g/mol. The zero-order valence-electron chi connectivity index (χ0n) is 20.1. The number of carbonyl (C=O) groups is 3. The topological polar surface area (TPSA) is 101 Å². The summed E-state index contributed by atoms with van der Waals surface area (Å²) in [7, 11) is 1.24. The Morgan fingerprint density at radius 1 is 1.03 bits per heavy atom. The van der Waals surface area contributed by atoms with Crippen LogP contribution in [0.1, 0.15) is 35.5 Å². The van der Waals surface area contributed by atoms with E-state index < -0.39 is 24.3 Å². The van der Waals surface area contributed by atoms with Gasteiger partial charge in [0.15, 0.2) is 6.61 Å². The van der Waals surface area contributed by atoms with Crippen molar-refractivity contribution in [3.8, 4) is 5.75 Å². The maximum atomic E-state index is 13.8. The number of rotatable bonds is 7. The number of hydrogen-bond acceptors (Lipinski definition) is 5. The lowest BCUT2D eigenvalue weighted by atomic mass is 10.0. The first-order valence-corrected chi connectivity index (χ1v) is 11.1. The molecule has 0 spiro atoms. The van der Waals surface area contributed by atoms with Crippen molar-refractivity contribution in [3.63, 3.8) is 0 Å². The first-order chi connectivity index (χ1) is 16.8. The van der Waals surface area contributed by atoms with Crippen LogP contribution in [0.25, 0.3) is 21.7 Å². The SMILES string of the molecule is CC.COC(=O)COc1c2ccccc2cc2c1c(C(=O)C(N)=O)c(C)n2Cc1cccc(F)c1. The Hall–Kier alpha value is -4.20. The summed E-state index contributed by atoms with van der Waals surface area (Å²) in [6, 6.07) is 15.3. The van der Waals surface area contributed by atoms with Crippen molar-refractivity contribution in [3.05, 3.63) is 77.2 Å². The second-order valence-corrected chi connectivity index (χ2v) is 7.56. The Bertz CT molecular complexity index is 1420. The molecule has 8 heteroatoms. The second kappa shape index (κ2) is 10.8. The number of aromatic nitrogens is 1. The van der Waals surface area contributed by atoms with Gasteiger partial charge in [0.1, 0.15) is 11.6 Å². The van der Waals surface area contributed by atoms with Gasteiger partial charge in [-0.2, -0.15) is 0 Å². The van der Waals surface area contributed by atoms with Crippen molar-refractivity contribution in [1.82, 2.24) is 4.57 Å². The number of ketones is 1. The molecule has 4 rings (SSSR count). The molecule has 35 heavy (non-hydrogen) atoms. The fourth-order valence-corrected chi connectivity index (χ4v) is 4.01. The number of esters is 1. The van der Waals surface area contributed by atoms with Crippen molar-refractivity contribution in [2.75, 3.05) is 13.7 Å². The van der Waals surface area contributed by atoms with E-state index in [9.17, 15) is 18.8 Å². The van der Waals surface area contributed by atoms with E-state index in [1.54, 1.807) is 35.8 Å². The molecule has 182 valence electrons. The van der Waals surface area contributed by atoms with Gasteiger partial charge in [-0.15, -0.1) is 0 Å². The van der Waals surface area contributed by atoms with Gasteiger partial charge < -0.3 is 19.8 Å². The van der Waals surface area contributed by atoms with E-state index in [0.29, 0.717) is 27.5 Å². The maximum absolute atomic E-state index is 13.8. The molecule has 0 aliphatic carbocycles. The van der Waals surface area contributed by atoms with E-state index in [0.717, 1.165) is 5.39 Å². The van der Waals surface area contributed by atoms with E-state index in [1.165, 1.54) is 19.2 Å². The van der Waals surface area contributed by atoms with Crippen LogP contribution < -0.4 is 10.5 Å². The Kier molecular flexibility index (Phi) is 7.86. The van der Waals surface area contributed by atoms with E-state index in [4.69, 9.17) is 10.5 Å². The normalized spacial score (nSPS) is 10.5. The minimum Gasteiger partial charge on any atom is -0.481 e. The zero-order valence-corrected chi connectivity index (χ0v) is 20.1. The number of fused-ring (bicyclic) bond motifs is 2. The third-order valence-electron chi connectivity index (χ3n) is 5.53. The summed E-state index contributed by atoms with van der Waals surface area (Å²) in [4.78, 5) is 36.6. The predicted molar refractivity (Wildman–Crippen MR) is 132 cm³/mol. The molecule has 0 saturated carbocycles. The van der Waals surface area contributed by atoms with Gasteiger partial charge in [0.2, 0.25) is 0 Å². The average Bonchev–Trinajstić information content (AvgIpc) is 3.13. The number of benzene rings is 3. The second-order valence-electron chi connectivity index (χ2n) is 7.56. The fraction of sp³-hybridized carbons (Fsp3) is 0.222. The Morgan fingerprint density at radius 2 is 1.74 bits per heavy atom. The molecular formula is C27H27FN2O5. The lowest BCUT2D eigenvalue weighted by Gasteiger charge is -2.13. The van der Waals surface area contributed by atoms with E-state index >= 15 is 0 Å². The Morgan fingerprint density at radius 3 is 2.40 bits per heavy atom. The van der Waals surface area contributed by atoms with Crippen LogP contribution in [0.2, 0.25) is 0 Å². The predicted octanol–water partition coefficient (Wildman–Crippen LogP) is 4.54. The van der Waals surface area contributed by atoms with Gasteiger partial charge in [0, 0.05) is 17.6 Å². The first-order valence-electron chi connectivity index (χ1n) is 11.1. The zero-order chi connectivity index (χ0) is 25.7. The third kappa shape index (κ3) is 5.01. The summed E-state index contributed by atoms with van der Waals surface area (Å²) in [5.74, 6) is -2.72. The van der Waals surface area contributed by atoms with Crippen molar-refractivity contribution >= 4 is 39.3 Å². The van der Waals surface area contributed by atoms with Crippen LogP contribution in [0.4, 0.5) is 4.39 Å². The summed E-state index contributed by atoms with van der Waals surface area (Å²) in [5.41, 5.74) is 7.15. The van der Waals surface area contributed by atoms with Crippen LogP contribution in [0, 0.1) is 12.7 Å². The lowest BCUT2D eigenvalue weighted by Crippen LogP contribution is -2.24. The summed E-state index contributed by atoms with van der Waals surface area (Å²) in [6.45, 7) is 5.53. The standard InChI is InChI=1S/C25H21FN2O5.C2H6/c1-14-21(23(30)25(27)31)22-19(28(14)12-15-6-5-8-17(26)10-15)11-16-7-3-4-9-18(16)24(22)33-13-20(29)32-2;1-2/h3-11H,12-13H2,1-2H3,(H2,27,31);1-2H3. The minimum absolute atomic E-state index is 0.0829. The Labute approximate surface area is 202 Å². The van der Waals surface area contributed by atoms with E-state index in [2.05, 4.69) is 4.74 Å². The molecular weight excluding hydrogens is 451 g/mol. The number of amides is 1. The minimum atomic E-state index is -1.12. The summed E-state index contributed by atoms with van der Waals surface area (Å²) in [6.07, 6.45) is 0. The third-order valence-corrected chi connectivity index (χ3v) is 5.53. The van der Waals surface area contributed by atoms with Crippen molar-refractivity contribution in [2.45, 2.75) is 27.3 Å². The molecule has 0 unspecified atom stereocenters. The van der Waals surface area contributed by atoms with Gasteiger partial charge in [0.05, 0.1) is 23.6 Å². The van der Waals surface area contributed by atoms with Crippen LogP contribution in [0.5, 0.6) is 5.75 Å². The first kappa shape index (κ1) is 25.4. The fourth-order valence-electron chi connectivity index (χ4n) is 4.01. The molecule has 0 bridgehead atoms. The largest absolute Gasteiger partial charge is 0.481 e. The maximum Gasteiger partial charge on any atom is 0.343 e. The molecule has 1 amide bonds. The van der Waals surface area contributed by atoms with Gasteiger partial charge in [-0.1, -0.05) is 50.2 Å². The number of Topliss-reactive ketones (excluding diaryl/α,β-unsaturated/α-hetero) is 1. The summed E-state index contributed by atoms with van der Waals surface area (Å²) >= 11 is 0. The van der Waals surface area contributed by atoms with Crippen molar-refractivity contribution in [1.29, 1.82) is 0 Å². The molecule has 7 nitrogen and oxygen atoms in total. The lowest BCUT2D eigenvalue weighted by molar-refractivity contribution is -0.142. The van der Waals surface area contributed by atoms with Crippen LogP contribution in [0.15, 0.2) is 54.6 Å². The highest BCUT2D eigenvalue weighted by Gasteiger charge is 2.28. The highest BCUT2D eigenvalue weighted by Crippen LogP contribution is 2.40. The number of nitrogens with zero attached hydrogens (tertiary/aromatic N) is 1. The number of ether oxygens (including phenoxy) is 2. The van der Waals surface area contributed by atoms with Gasteiger partial charge >= 0.3 is 5.97 Å². The van der Waals surface area contributed by atoms with Crippen LogP contribution in [0.3, 0.4) is 0 Å². The van der Waals surface area contributed by atoms with Crippen LogP contribution >= 0.6 is 0 Å². The molecule has 1 aromatic heterocycles. The van der Waals surface area contributed by atoms with Gasteiger partial charge in [-0.25, -0.2) is 9.18 Å². The van der Waals surface area contributed by atoms with E-state index in [1.807, 2.05) is 32.0 Å². The molecule has 0 aliphatic rings. The number of primary amides is 1. The van der Waals surface area contributed by atoms with Crippen LogP contribution in [-0.4, -0.2) is 35.9 Å². The molecule has 0 atom stereocenters. The Balaban J connectivity index is 0.00000167. The number of carbonyl (C=O) groups excluding carboxylic acids is 3. The summed E-state index contributed by atoms with van der Waals surface area (Å²) < 4.78 is 26.1. The van der Waals surface area contributed by atoms with Gasteiger partial charge in [-0.05, 0) is 36.1 Å². The van der Waals surface area contributed by atoms with E-state index in [-0.39, 0.29) is 23.7 Å². The quantitative estimate of drug-likeness (QED) is 0.239.